The average molecular weight is 221 g/mol. The minimum absolute atomic E-state index is 0.488. The normalized spacial score (nSPS) is 11.3. The zero-order valence-electron chi connectivity index (χ0n) is 6.55. The maximum absolute atomic E-state index is 12.6. The Hall–Kier alpha value is -1.54. The molecule has 0 heterocycles. The van der Waals surface area contributed by atoms with Crippen LogP contribution in [0, 0.1) is 15.9 Å². The molecule has 0 fully saturated rings. The Balaban J connectivity index is 3.43. The number of hydrogen-bond donors (Lipinski definition) is 1. The maximum atomic E-state index is 12.6. The summed E-state index contributed by atoms with van der Waals surface area (Å²) in [6.07, 6.45) is 0. The van der Waals surface area contributed by atoms with Gasteiger partial charge in [0.1, 0.15) is 10.7 Å². The number of nitrogens with zero attached hydrogens (tertiary/aromatic N) is 1. The summed E-state index contributed by atoms with van der Waals surface area (Å²) in [5, 5.41) is 10.2. The summed E-state index contributed by atoms with van der Waals surface area (Å²) in [7, 11) is -4.63. The van der Waals surface area contributed by atoms with Gasteiger partial charge < -0.3 is 0 Å². The average Bonchev–Trinajstić information content (AvgIpc) is 2.01. The van der Waals surface area contributed by atoms with Gasteiger partial charge in [0, 0.05) is 6.07 Å². The van der Waals surface area contributed by atoms with E-state index in [1.54, 1.807) is 0 Å². The number of non-ortho nitro benzene ring substituents is 1. The topological polar surface area (TPSA) is 97.5 Å². The highest BCUT2D eigenvalue weighted by Crippen LogP contribution is 2.19. The Labute approximate surface area is 77.9 Å². The molecule has 1 N–H and O–H groups in total. The fourth-order valence-corrected chi connectivity index (χ4v) is 1.33. The molecule has 0 saturated carbocycles. The van der Waals surface area contributed by atoms with Crippen molar-refractivity contribution in [3.8, 4) is 0 Å². The van der Waals surface area contributed by atoms with Crippen molar-refractivity contribution in [3.05, 3.63) is 34.1 Å². The molecule has 1 aromatic rings. The minimum Gasteiger partial charge on any atom is -0.282 e. The van der Waals surface area contributed by atoms with E-state index in [9.17, 15) is 22.9 Å². The minimum atomic E-state index is -4.63. The van der Waals surface area contributed by atoms with Crippen LogP contribution in [0.3, 0.4) is 0 Å². The van der Waals surface area contributed by atoms with Gasteiger partial charge in [-0.3, -0.25) is 14.7 Å². The summed E-state index contributed by atoms with van der Waals surface area (Å²) >= 11 is 0. The summed E-state index contributed by atoms with van der Waals surface area (Å²) in [5.74, 6) is -1.10. The predicted molar refractivity (Wildman–Crippen MR) is 42.9 cm³/mol. The van der Waals surface area contributed by atoms with Crippen molar-refractivity contribution < 1.29 is 22.3 Å². The number of rotatable bonds is 2. The van der Waals surface area contributed by atoms with E-state index in [1.165, 1.54) is 0 Å². The molecule has 0 aromatic heterocycles. The Morgan fingerprint density at radius 3 is 2.36 bits per heavy atom. The number of nitro groups is 1. The van der Waals surface area contributed by atoms with Gasteiger partial charge in [-0.05, 0) is 6.07 Å². The van der Waals surface area contributed by atoms with Crippen molar-refractivity contribution in [3.63, 3.8) is 0 Å². The molecule has 14 heavy (non-hydrogen) atoms. The van der Waals surface area contributed by atoms with Gasteiger partial charge >= 0.3 is 0 Å². The van der Waals surface area contributed by atoms with E-state index in [-0.39, 0.29) is 0 Å². The molecule has 0 bridgehead atoms. The Bertz CT molecular complexity index is 483. The second-order valence-electron chi connectivity index (χ2n) is 2.38. The lowest BCUT2D eigenvalue weighted by atomic mass is 10.3. The first-order chi connectivity index (χ1) is 6.30. The smallest absolute Gasteiger partial charge is 0.282 e. The lowest BCUT2D eigenvalue weighted by Gasteiger charge is -1.97. The highest BCUT2D eigenvalue weighted by Gasteiger charge is 2.17. The van der Waals surface area contributed by atoms with Crippen molar-refractivity contribution in [2.45, 2.75) is 4.90 Å². The first-order valence-corrected chi connectivity index (χ1v) is 4.67. The lowest BCUT2D eigenvalue weighted by Crippen LogP contribution is -2.00. The number of benzene rings is 1. The SMILES string of the molecule is O=[N+]([O-])c1cc(F)cc(S(=O)(=O)O)c1. The van der Waals surface area contributed by atoms with Crippen LogP contribution in [0.25, 0.3) is 0 Å². The van der Waals surface area contributed by atoms with E-state index < -0.39 is 31.4 Å². The van der Waals surface area contributed by atoms with Gasteiger partial charge in [-0.2, -0.15) is 8.42 Å². The van der Waals surface area contributed by atoms with E-state index in [2.05, 4.69) is 0 Å². The quantitative estimate of drug-likeness (QED) is 0.456. The zero-order chi connectivity index (χ0) is 10.9. The summed E-state index contributed by atoms with van der Waals surface area (Å²) in [6.45, 7) is 0. The van der Waals surface area contributed by atoms with E-state index >= 15 is 0 Å². The summed E-state index contributed by atoms with van der Waals surface area (Å²) in [5.41, 5.74) is -0.738. The van der Waals surface area contributed by atoms with Crippen LogP contribution in [0.1, 0.15) is 0 Å². The van der Waals surface area contributed by atoms with E-state index in [4.69, 9.17) is 4.55 Å². The van der Waals surface area contributed by atoms with Crippen molar-refractivity contribution in [1.82, 2.24) is 0 Å². The Morgan fingerprint density at radius 2 is 1.93 bits per heavy atom. The molecule has 0 saturated heterocycles. The molecule has 0 spiro atoms. The van der Waals surface area contributed by atoms with E-state index in [0.29, 0.717) is 18.2 Å². The van der Waals surface area contributed by atoms with E-state index in [0.717, 1.165) is 0 Å². The van der Waals surface area contributed by atoms with Crippen LogP contribution in [0.4, 0.5) is 10.1 Å². The molecule has 8 heteroatoms. The number of nitro benzene ring substituents is 1. The highest BCUT2D eigenvalue weighted by molar-refractivity contribution is 7.85. The molecule has 0 aliphatic carbocycles. The molecule has 0 aliphatic heterocycles. The van der Waals surface area contributed by atoms with Crippen LogP contribution in [0.15, 0.2) is 23.1 Å². The molecular weight excluding hydrogens is 217 g/mol. The van der Waals surface area contributed by atoms with Crippen LogP contribution in [0.2, 0.25) is 0 Å². The third-order valence-electron chi connectivity index (χ3n) is 1.36. The van der Waals surface area contributed by atoms with Gasteiger partial charge in [-0.1, -0.05) is 0 Å². The summed E-state index contributed by atoms with van der Waals surface area (Å²) in [4.78, 5) is 8.39. The van der Waals surface area contributed by atoms with Gasteiger partial charge in [0.05, 0.1) is 11.0 Å². The molecule has 76 valence electrons. The van der Waals surface area contributed by atoms with Crippen LogP contribution in [-0.2, 0) is 10.1 Å². The Morgan fingerprint density at radius 1 is 1.36 bits per heavy atom. The molecule has 0 radical (unpaired) electrons. The fraction of sp³-hybridized carbons (Fsp3) is 0. The van der Waals surface area contributed by atoms with Gasteiger partial charge in [0.2, 0.25) is 0 Å². The van der Waals surface area contributed by atoms with Crippen molar-refractivity contribution in [2.75, 3.05) is 0 Å². The summed E-state index contributed by atoms with van der Waals surface area (Å²) in [6, 6.07) is 1.61. The van der Waals surface area contributed by atoms with Crippen LogP contribution < -0.4 is 0 Å². The molecule has 6 nitrogen and oxygen atoms in total. The van der Waals surface area contributed by atoms with Gasteiger partial charge in [-0.15, -0.1) is 0 Å². The fourth-order valence-electron chi connectivity index (χ4n) is 0.802. The molecule has 0 aliphatic rings. The second kappa shape index (κ2) is 3.31. The molecule has 0 amide bonds. The standard InChI is InChI=1S/C6H4FNO5S/c7-4-1-5(8(9)10)3-6(2-4)14(11,12)13/h1-3H,(H,11,12,13). The molecule has 1 aromatic carbocycles. The largest absolute Gasteiger partial charge is 0.294 e. The van der Waals surface area contributed by atoms with Crippen molar-refractivity contribution in [1.29, 1.82) is 0 Å². The predicted octanol–water partition coefficient (Wildman–Crippen LogP) is 0.981. The molecule has 0 atom stereocenters. The van der Waals surface area contributed by atoms with Gasteiger partial charge in [0.25, 0.3) is 15.8 Å². The monoisotopic (exact) mass is 221 g/mol. The summed E-state index contributed by atoms with van der Waals surface area (Å²) < 4.78 is 42.2. The third-order valence-corrected chi connectivity index (χ3v) is 2.20. The van der Waals surface area contributed by atoms with Gasteiger partial charge in [0.15, 0.2) is 0 Å². The number of halogens is 1. The van der Waals surface area contributed by atoms with Crippen LogP contribution >= 0.6 is 0 Å². The lowest BCUT2D eigenvalue weighted by molar-refractivity contribution is -0.385. The number of hydrogen-bond acceptors (Lipinski definition) is 4. The van der Waals surface area contributed by atoms with Crippen LogP contribution in [0.5, 0.6) is 0 Å². The zero-order valence-corrected chi connectivity index (χ0v) is 7.36. The third kappa shape index (κ3) is 2.24. The van der Waals surface area contributed by atoms with Gasteiger partial charge in [-0.25, -0.2) is 4.39 Å². The maximum Gasteiger partial charge on any atom is 0.294 e. The van der Waals surface area contributed by atoms with Crippen molar-refractivity contribution >= 4 is 15.8 Å². The Kier molecular flexibility index (Phi) is 2.49. The van der Waals surface area contributed by atoms with Crippen LogP contribution in [-0.4, -0.2) is 17.9 Å². The molecular formula is C6H4FNO5S. The highest BCUT2D eigenvalue weighted by atomic mass is 32.2. The second-order valence-corrected chi connectivity index (χ2v) is 3.80. The first-order valence-electron chi connectivity index (χ1n) is 3.23. The van der Waals surface area contributed by atoms with Crippen molar-refractivity contribution in [2.24, 2.45) is 0 Å². The molecule has 0 unspecified atom stereocenters. The molecule has 1 rings (SSSR count). The first kappa shape index (κ1) is 10.5. The van der Waals surface area contributed by atoms with E-state index in [1.807, 2.05) is 0 Å².